The van der Waals surface area contributed by atoms with Gasteiger partial charge in [0, 0.05) is 11.8 Å². The Hall–Kier alpha value is -1.16. The zero-order valence-corrected chi connectivity index (χ0v) is 12.2. The summed E-state index contributed by atoms with van der Waals surface area (Å²) >= 11 is 0. The number of hydrogen-bond donors (Lipinski definition) is 1. The summed E-state index contributed by atoms with van der Waals surface area (Å²) in [4.78, 5) is 11.3. The minimum Gasteiger partial charge on any atom is -0.384 e. The van der Waals surface area contributed by atoms with E-state index in [0.717, 1.165) is 30.5 Å². The molecule has 0 amide bonds. The van der Waals surface area contributed by atoms with Crippen molar-refractivity contribution in [3.8, 4) is 0 Å². The van der Waals surface area contributed by atoms with Crippen LogP contribution in [0.2, 0.25) is 0 Å². The van der Waals surface area contributed by atoms with Crippen molar-refractivity contribution in [2.24, 2.45) is 5.92 Å². The van der Waals surface area contributed by atoms with Gasteiger partial charge in [0.1, 0.15) is 11.6 Å². The summed E-state index contributed by atoms with van der Waals surface area (Å²) in [6.45, 7) is 7.43. The van der Waals surface area contributed by atoms with Crippen molar-refractivity contribution in [1.82, 2.24) is 14.9 Å². The van der Waals surface area contributed by atoms with E-state index in [1.165, 1.54) is 38.6 Å². The molecule has 0 saturated carbocycles. The van der Waals surface area contributed by atoms with E-state index in [9.17, 15) is 0 Å². The Labute approximate surface area is 116 Å². The predicted octanol–water partition coefficient (Wildman–Crippen LogP) is 2.77. The van der Waals surface area contributed by atoms with Gasteiger partial charge in [-0.25, -0.2) is 9.97 Å². The molecule has 0 radical (unpaired) electrons. The number of anilines is 1. The van der Waals surface area contributed by atoms with Crippen LogP contribution in [0.5, 0.6) is 0 Å². The van der Waals surface area contributed by atoms with Gasteiger partial charge in [-0.3, -0.25) is 4.90 Å². The maximum atomic E-state index is 5.79. The Balaban J connectivity index is 1.92. The molecule has 1 saturated heterocycles. The fourth-order valence-electron chi connectivity index (χ4n) is 3.01. The average molecular weight is 262 g/mol. The number of likely N-dealkylation sites (tertiary alicyclic amines) is 1. The van der Waals surface area contributed by atoms with Crippen molar-refractivity contribution in [1.29, 1.82) is 0 Å². The molecule has 0 spiro atoms. The van der Waals surface area contributed by atoms with Gasteiger partial charge in [0.05, 0.1) is 6.54 Å². The first-order chi connectivity index (χ1) is 9.17. The summed E-state index contributed by atoms with van der Waals surface area (Å²) < 4.78 is 0. The fourth-order valence-corrected chi connectivity index (χ4v) is 3.01. The largest absolute Gasteiger partial charge is 0.384 e. The topological polar surface area (TPSA) is 55.0 Å². The zero-order valence-electron chi connectivity index (χ0n) is 12.2. The van der Waals surface area contributed by atoms with Gasteiger partial charge < -0.3 is 5.73 Å². The molecule has 1 aromatic rings. The van der Waals surface area contributed by atoms with Gasteiger partial charge in [-0.15, -0.1) is 0 Å². The smallest absolute Gasteiger partial charge is 0.144 e. The highest BCUT2D eigenvalue weighted by Gasteiger charge is 2.17. The van der Waals surface area contributed by atoms with E-state index in [4.69, 9.17) is 5.73 Å². The lowest BCUT2D eigenvalue weighted by molar-refractivity contribution is 0.264. The molecule has 19 heavy (non-hydrogen) atoms. The van der Waals surface area contributed by atoms with E-state index in [2.05, 4.69) is 21.8 Å². The quantitative estimate of drug-likeness (QED) is 0.906. The molecule has 1 unspecified atom stereocenters. The van der Waals surface area contributed by atoms with Crippen molar-refractivity contribution in [3.63, 3.8) is 0 Å². The molecule has 1 aromatic heterocycles. The second-order valence-corrected chi connectivity index (χ2v) is 5.71. The summed E-state index contributed by atoms with van der Waals surface area (Å²) in [5.41, 5.74) is 6.75. The van der Waals surface area contributed by atoms with Crippen LogP contribution in [-0.2, 0) is 6.54 Å². The SMILES string of the molecule is CCCC1CCCN(Cc2nc(C)cc(N)n2)CC1. The number of rotatable bonds is 4. The van der Waals surface area contributed by atoms with Gasteiger partial charge in [-0.2, -0.15) is 0 Å². The highest BCUT2D eigenvalue weighted by Crippen LogP contribution is 2.22. The highest BCUT2D eigenvalue weighted by atomic mass is 15.1. The first kappa shape index (κ1) is 14.3. The molecule has 1 aliphatic rings. The van der Waals surface area contributed by atoms with Gasteiger partial charge in [0.15, 0.2) is 0 Å². The number of nitrogen functional groups attached to an aromatic ring is 1. The van der Waals surface area contributed by atoms with Crippen LogP contribution in [0.3, 0.4) is 0 Å². The molecule has 0 aromatic carbocycles. The standard InChI is InChI=1S/C15H26N4/c1-3-5-13-6-4-8-19(9-7-13)11-15-17-12(2)10-14(16)18-15/h10,13H,3-9,11H2,1-2H3,(H2,16,17,18). The Morgan fingerprint density at radius 3 is 2.89 bits per heavy atom. The van der Waals surface area contributed by atoms with Gasteiger partial charge in [-0.05, 0) is 45.2 Å². The first-order valence-electron chi connectivity index (χ1n) is 7.49. The molecule has 2 heterocycles. The van der Waals surface area contributed by atoms with Crippen LogP contribution in [0.1, 0.15) is 50.5 Å². The molecule has 2 rings (SSSR count). The third kappa shape index (κ3) is 4.46. The predicted molar refractivity (Wildman–Crippen MR) is 78.7 cm³/mol. The number of hydrogen-bond acceptors (Lipinski definition) is 4. The second-order valence-electron chi connectivity index (χ2n) is 5.71. The summed E-state index contributed by atoms with van der Waals surface area (Å²) in [6, 6.07) is 1.82. The maximum Gasteiger partial charge on any atom is 0.144 e. The molecule has 1 atom stereocenters. The summed E-state index contributed by atoms with van der Waals surface area (Å²) in [7, 11) is 0. The lowest BCUT2D eigenvalue weighted by Crippen LogP contribution is -2.25. The number of aromatic nitrogens is 2. The molecule has 2 N–H and O–H groups in total. The van der Waals surface area contributed by atoms with Crippen LogP contribution in [0, 0.1) is 12.8 Å². The van der Waals surface area contributed by atoms with E-state index in [1.807, 2.05) is 13.0 Å². The number of aryl methyl sites for hydroxylation is 1. The third-order valence-corrected chi connectivity index (χ3v) is 3.92. The van der Waals surface area contributed by atoms with Gasteiger partial charge >= 0.3 is 0 Å². The van der Waals surface area contributed by atoms with Crippen LogP contribution in [-0.4, -0.2) is 28.0 Å². The number of nitrogens with two attached hydrogens (primary N) is 1. The summed E-state index contributed by atoms with van der Waals surface area (Å²) in [5, 5.41) is 0. The Morgan fingerprint density at radius 2 is 2.16 bits per heavy atom. The lowest BCUT2D eigenvalue weighted by Gasteiger charge is -2.19. The molecular formula is C15H26N4. The van der Waals surface area contributed by atoms with E-state index in [0.29, 0.717) is 5.82 Å². The van der Waals surface area contributed by atoms with Crippen molar-refractivity contribution < 1.29 is 0 Å². The van der Waals surface area contributed by atoms with Crippen molar-refractivity contribution in [3.05, 3.63) is 17.6 Å². The van der Waals surface area contributed by atoms with E-state index < -0.39 is 0 Å². The molecule has 4 nitrogen and oxygen atoms in total. The van der Waals surface area contributed by atoms with Crippen molar-refractivity contribution in [2.75, 3.05) is 18.8 Å². The molecule has 106 valence electrons. The molecule has 0 bridgehead atoms. The van der Waals surface area contributed by atoms with Gasteiger partial charge in [0.2, 0.25) is 0 Å². The molecular weight excluding hydrogens is 236 g/mol. The zero-order chi connectivity index (χ0) is 13.7. The molecule has 0 aliphatic carbocycles. The molecule has 1 fully saturated rings. The molecule has 1 aliphatic heterocycles. The Bertz CT molecular complexity index is 385. The fraction of sp³-hybridized carbons (Fsp3) is 0.733. The van der Waals surface area contributed by atoms with Crippen molar-refractivity contribution >= 4 is 5.82 Å². The van der Waals surface area contributed by atoms with Gasteiger partial charge in [-0.1, -0.05) is 19.8 Å². The number of nitrogens with zero attached hydrogens (tertiary/aromatic N) is 3. The monoisotopic (exact) mass is 262 g/mol. The van der Waals surface area contributed by atoms with Crippen LogP contribution >= 0.6 is 0 Å². The first-order valence-corrected chi connectivity index (χ1v) is 7.49. The Kier molecular flexibility index (Phi) is 5.14. The van der Waals surface area contributed by atoms with E-state index >= 15 is 0 Å². The average Bonchev–Trinajstić information content (AvgIpc) is 2.54. The summed E-state index contributed by atoms with van der Waals surface area (Å²) in [5.74, 6) is 2.37. The van der Waals surface area contributed by atoms with E-state index in [1.54, 1.807) is 0 Å². The normalized spacial score (nSPS) is 21.3. The van der Waals surface area contributed by atoms with Crippen LogP contribution in [0.15, 0.2) is 6.07 Å². The summed E-state index contributed by atoms with van der Waals surface area (Å²) in [6.07, 6.45) is 6.67. The van der Waals surface area contributed by atoms with Crippen LogP contribution < -0.4 is 5.73 Å². The van der Waals surface area contributed by atoms with Crippen LogP contribution in [0.25, 0.3) is 0 Å². The Morgan fingerprint density at radius 1 is 1.32 bits per heavy atom. The van der Waals surface area contributed by atoms with E-state index in [-0.39, 0.29) is 0 Å². The minimum absolute atomic E-state index is 0.584. The van der Waals surface area contributed by atoms with Gasteiger partial charge in [0.25, 0.3) is 0 Å². The van der Waals surface area contributed by atoms with Crippen LogP contribution in [0.4, 0.5) is 5.82 Å². The minimum atomic E-state index is 0.584. The third-order valence-electron chi connectivity index (χ3n) is 3.92. The highest BCUT2D eigenvalue weighted by molar-refractivity contribution is 5.29. The molecule has 4 heteroatoms. The van der Waals surface area contributed by atoms with Crippen molar-refractivity contribution in [2.45, 2.75) is 52.5 Å². The second kappa shape index (κ2) is 6.85. The maximum absolute atomic E-state index is 5.79. The lowest BCUT2D eigenvalue weighted by atomic mass is 9.96.